The third-order valence-electron chi connectivity index (χ3n) is 10.2. The predicted octanol–water partition coefficient (Wildman–Crippen LogP) is 6.55. The Labute approximate surface area is 308 Å². The van der Waals surface area contributed by atoms with Crippen LogP contribution in [0.25, 0.3) is 0 Å². The number of rotatable bonds is 18. The predicted molar refractivity (Wildman–Crippen MR) is 200 cm³/mol. The largest absolute Gasteiger partial charge is 0.456 e. The number of methoxy groups -OCH3 is 3. The lowest BCUT2D eigenvalue weighted by Crippen LogP contribution is -2.48. The topological polar surface area (TPSA) is 120 Å². The highest BCUT2D eigenvalue weighted by atomic mass is 28.4. The second kappa shape index (κ2) is 21.9. The van der Waals surface area contributed by atoms with Crippen LogP contribution in [-0.4, -0.2) is 111 Å². The summed E-state index contributed by atoms with van der Waals surface area (Å²) < 4.78 is 52.5. The van der Waals surface area contributed by atoms with Crippen LogP contribution in [0.5, 0.6) is 0 Å². The Bertz CT molecular complexity index is 1180. The molecule has 1 N–H and O–H groups in total. The minimum Gasteiger partial charge on any atom is -0.456 e. The average molecular weight is 741 g/mol. The summed E-state index contributed by atoms with van der Waals surface area (Å²) >= 11 is 0. The standard InChI is InChI=1S/C39H68O11Si/c1-13-29(24-46-27-45-18-17-42-8)19-28(2)33-22-32(50-51(11,12)38(3,4)5)23-35(40)39(6,7)31-16-14-15-30(20-31)21-34(47-25-43-9)36(37(41)49-33)48-26-44-10/h14-16,19-20,29,32-36,40H,13,17-18,21-27H2,1-12H3. The quantitative estimate of drug-likeness (QED) is 0.0580. The summed E-state index contributed by atoms with van der Waals surface area (Å²) in [5.74, 6) is -0.544. The van der Waals surface area contributed by atoms with Crippen LogP contribution in [0, 0.1) is 5.92 Å². The molecule has 1 aliphatic rings. The van der Waals surface area contributed by atoms with Gasteiger partial charge in [-0.25, -0.2) is 4.79 Å². The van der Waals surface area contributed by atoms with Gasteiger partial charge in [0.1, 0.15) is 32.6 Å². The van der Waals surface area contributed by atoms with Crippen LogP contribution in [-0.2, 0) is 59.0 Å². The Kier molecular flexibility index (Phi) is 19.5. The number of ether oxygens (including phenoxy) is 8. The molecule has 6 atom stereocenters. The maximum Gasteiger partial charge on any atom is 0.338 e. The van der Waals surface area contributed by atoms with Gasteiger partial charge in [0.25, 0.3) is 0 Å². The van der Waals surface area contributed by atoms with E-state index >= 15 is 0 Å². The molecule has 2 bridgehead atoms. The number of aliphatic hydroxyl groups excluding tert-OH is 1. The van der Waals surface area contributed by atoms with Crippen molar-refractivity contribution in [2.45, 2.75) is 128 Å². The molecule has 0 aromatic heterocycles. The molecule has 0 amide bonds. The zero-order valence-corrected chi connectivity index (χ0v) is 34.5. The molecule has 294 valence electrons. The van der Waals surface area contributed by atoms with Crippen molar-refractivity contribution in [3.63, 3.8) is 0 Å². The zero-order chi connectivity index (χ0) is 38.2. The first-order valence-electron chi connectivity index (χ1n) is 18.2. The van der Waals surface area contributed by atoms with Crippen LogP contribution in [0.3, 0.4) is 0 Å². The molecular formula is C39H68O11Si. The Hall–Kier alpha value is -1.71. The van der Waals surface area contributed by atoms with Gasteiger partial charge < -0.3 is 47.4 Å². The van der Waals surface area contributed by atoms with Gasteiger partial charge in [-0.3, -0.25) is 0 Å². The average Bonchev–Trinajstić information content (AvgIpc) is 3.06. The van der Waals surface area contributed by atoms with Crippen LogP contribution in [0.15, 0.2) is 35.9 Å². The summed E-state index contributed by atoms with van der Waals surface area (Å²) in [6, 6.07) is 8.04. The van der Waals surface area contributed by atoms with Gasteiger partial charge >= 0.3 is 5.97 Å². The highest BCUT2D eigenvalue weighted by Crippen LogP contribution is 2.40. The van der Waals surface area contributed by atoms with Gasteiger partial charge in [-0.05, 0) is 54.6 Å². The van der Waals surface area contributed by atoms with Gasteiger partial charge in [0.15, 0.2) is 14.4 Å². The molecule has 0 saturated heterocycles. The van der Waals surface area contributed by atoms with E-state index in [1.54, 1.807) is 7.11 Å². The molecule has 0 fully saturated rings. The van der Waals surface area contributed by atoms with Gasteiger partial charge in [0.05, 0.1) is 32.0 Å². The number of carbonyl (C=O) groups excluding carboxylic acids is 1. The van der Waals surface area contributed by atoms with E-state index in [9.17, 15) is 9.90 Å². The highest BCUT2D eigenvalue weighted by molar-refractivity contribution is 6.74. The van der Waals surface area contributed by atoms with Crippen LogP contribution in [0.4, 0.5) is 0 Å². The lowest BCUT2D eigenvalue weighted by atomic mass is 9.76. The van der Waals surface area contributed by atoms with Crippen molar-refractivity contribution in [3.8, 4) is 0 Å². The molecule has 0 saturated carbocycles. The molecule has 0 spiro atoms. The number of hydrogen-bond donors (Lipinski definition) is 1. The zero-order valence-electron chi connectivity index (χ0n) is 33.5. The minimum atomic E-state index is -2.34. The lowest BCUT2D eigenvalue weighted by molar-refractivity contribution is -0.193. The van der Waals surface area contributed by atoms with E-state index in [4.69, 9.17) is 42.3 Å². The van der Waals surface area contributed by atoms with Crippen LogP contribution < -0.4 is 0 Å². The van der Waals surface area contributed by atoms with E-state index in [1.807, 2.05) is 25.1 Å². The maximum atomic E-state index is 14.3. The van der Waals surface area contributed by atoms with Crippen LogP contribution in [0.1, 0.15) is 78.9 Å². The molecule has 1 aliphatic heterocycles. The second-order valence-electron chi connectivity index (χ2n) is 15.6. The molecule has 11 nitrogen and oxygen atoms in total. The fourth-order valence-electron chi connectivity index (χ4n) is 5.73. The van der Waals surface area contributed by atoms with Crippen molar-refractivity contribution in [1.82, 2.24) is 0 Å². The Morgan fingerprint density at radius 2 is 1.71 bits per heavy atom. The van der Waals surface area contributed by atoms with Gasteiger partial charge in [0, 0.05) is 45.5 Å². The number of esters is 1. The smallest absolute Gasteiger partial charge is 0.338 e. The molecule has 1 aromatic carbocycles. The number of hydrogen-bond acceptors (Lipinski definition) is 11. The number of cyclic esters (lactones) is 1. The van der Waals surface area contributed by atoms with E-state index in [1.165, 1.54) is 14.2 Å². The first-order chi connectivity index (χ1) is 24.0. The number of aliphatic hydroxyl groups is 1. The number of carbonyl (C=O) groups is 1. The molecule has 51 heavy (non-hydrogen) atoms. The Morgan fingerprint density at radius 1 is 1.02 bits per heavy atom. The van der Waals surface area contributed by atoms with Crippen molar-refractivity contribution in [2.75, 3.05) is 61.5 Å². The van der Waals surface area contributed by atoms with E-state index in [-0.39, 0.29) is 31.3 Å². The molecular weight excluding hydrogens is 673 g/mol. The van der Waals surface area contributed by atoms with Crippen LogP contribution in [0.2, 0.25) is 18.1 Å². The summed E-state index contributed by atoms with van der Waals surface area (Å²) in [6.45, 7) is 20.5. The summed E-state index contributed by atoms with van der Waals surface area (Å²) in [5, 5.41) is 11.9. The number of benzene rings is 1. The van der Waals surface area contributed by atoms with Crippen LogP contribution >= 0.6 is 0 Å². The summed E-state index contributed by atoms with van der Waals surface area (Å²) in [7, 11) is 2.33. The molecule has 0 aliphatic carbocycles. The second-order valence-corrected chi connectivity index (χ2v) is 20.4. The minimum absolute atomic E-state index is 0.0375. The molecule has 2 rings (SSSR count). The molecule has 0 radical (unpaired) electrons. The van der Waals surface area contributed by atoms with Crippen molar-refractivity contribution in [3.05, 3.63) is 47.0 Å². The summed E-state index contributed by atoms with van der Waals surface area (Å²) in [6.07, 6.45) is 0.215. The molecule has 6 unspecified atom stereocenters. The van der Waals surface area contributed by atoms with Gasteiger partial charge in [-0.1, -0.05) is 71.9 Å². The highest BCUT2D eigenvalue weighted by Gasteiger charge is 2.43. The van der Waals surface area contributed by atoms with E-state index in [2.05, 4.69) is 66.8 Å². The first-order valence-corrected chi connectivity index (χ1v) is 21.1. The Morgan fingerprint density at radius 3 is 2.33 bits per heavy atom. The lowest BCUT2D eigenvalue weighted by Gasteiger charge is -2.42. The SMILES string of the molecule is CCC(C=C(C)C1CC(O[Si](C)(C)C(C)(C)C)CC(O)C(C)(C)c2cccc(c2)CC(OCOC)C(OCOC)C(=O)O1)COCOCCOC. The molecule has 1 heterocycles. The Balaban J connectivity index is 2.67. The normalized spacial score (nSPS) is 24.5. The fourth-order valence-corrected chi connectivity index (χ4v) is 7.11. The van der Waals surface area contributed by atoms with Crippen molar-refractivity contribution < 1.29 is 52.2 Å². The fraction of sp³-hybridized carbons (Fsp3) is 0.769. The van der Waals surface area contributed by atoms with E-state index in [0.29, 0.717) is 39.1 Å². The monoisotopic (exact) mass is 740 g/mol. The molecule has 12 heteroatoms. The van der Waals surface area contributed by atoms with Crippen molar-refractivity contribution in [1.29, 1.82) is 0 Å². The van der Waals surface area contributed by atoms with Crippen molar-refractivity contribution >= 4 is 14.3 Å². The summed E-state index contributed by atoms with van der Waals surface area (Å²) in [4.78, 5) is 14.3. The van der Waals surface area contributed by atoms with Gasteiger partial charge in [-0.15, -0.1) is 0 Å². The summed E-state index contributed by atoms with van der Waals surface area (Å²) in [5.41, 5.74) is 2.14. The van der Waals surface area contributed by atoms with Gasteiger partial charge in [0.2, 0.25) is 0 Å². The molecule has 1 aromatic rings. The van der Waals surface area contributed by atoms with Gasteiger partial charge in [-0.2, -0.15) is 0 Å². The maximum absolute atomic E-state index is 14.3. The third kappa shape index (κ3) is 14.6. The van der Waals surface area contributed by atoms with E-state index < -0.39 is 50.2 Å². The first kappa shape index (κ1) is 45.4. The van der Waals surface area contributed by atoms with Crippen molar-refractivity contribution in [2.24, 2.45) is 5.92 Å². The number of fused-ring (bicyclic) bond motifs is 2. The van der Waals surface area contributed by atoms with E-state index in [0.717, 1.165) is 23.1 Å². The third-order valence-corrected chi connectivity index (χ3v) is 14.8.